The lowest BCUT2D eigenvalue weighted by Crippen LogP contribution is -2.24. The van der Waals surface area contributed by atoms with Crippen LogP contribution in [0.4, 0.5) is 13.2 Å². The molecule has 0 aromatic carbocycles. The molecule has 0 bridgehead atoms. The lowest BCUT2D eigenvalue weighted by atomic mass is 10.2. The summed E-state index contributed by atoms with van der Waals surface area (Å²) in [5.41, 5.74) is 0. The molecule has 0 amide bonds. The van der Waals surface area contributed by atoms with Crippen LogP contribution in [0.1, 0.15) is 6.42 Å². The van der Waals surface area contributed by atoms with Crippen molar-refractivity contribution in [3.8, 4) is 0 Å². The number of halogens is 4. The van der Waals surface area contributed by atoms with Gasteiger partial charge in [0.05, 0.1) is 5.92 Å². The molecule has 0 aromatic heterocycles. The van der Waals surface area contributed by atoms with Crippen LogP contribution >= 0.6 is 12.4 Å². The van der Waals surface area contributed by atoms with Crippen LogP contribution in [0, 0.1) is 11.8 Å². The van der Waals surface area contributed by atoms with E-state index in [1.807, 2.05) is 0 Å². The van der Waals surface area contributed by atoms with E-state index < -0.39 is 12.1 Å². The molecule has 1 nitrogen and oxygen atoms in total. The molecule has 0 unspecified atom stereocenters. The van der Waals surface area contributed by atoms with Gasteiger partial charge in [-0.3, -0.25) is 0 Å². The highest BCUT2D eigenvalue weighted by Crippen LogP contribution is 2.54. The summed E-state index contributed by atoms with van der Waals surface area (Å²) in [6.07, 6.45) is -3.25. The van der Waals surface area contributed by atoms with Crippen molar-refractivity contribution < 1.29 is 13.2 Å². The van der Waals surface area contributed by atoms with E-state index >= 15 is 0 Å². The first-order chi connectivity index (χ1) is 4.61. The Balaban J connectivity index is 0.000000605. The zero-order valence-corrected chi connectivity index (χ0v) is 6.50. The van der Waals surface area contributed by atoms with E-state index in [0.717, 1.165) is 6.54 Å². The molecule has 66 valence electrons. The van der Waals surface area contributed by atoms with E-state index in [1.54, 1.807) is 0 Å². The van der Waals surface area contributed by atoms with Crippen LogP contribution in [0.2, 0.25) is 0 Å². The molecule has 3 atom stereocenters. The zero-order valence-electron chi connectivity index (χ0n) is 5.69. The van der Waals surface area contributed by atoms with E-state index in [2.05, 4.69) is 5.32 Å². The number of piperidine rings is 1. The first kappa shape index (κ1) is 9.13. The number of hydrogen-bond acceptors (Lipinski definition) is 1. The smallest absolute Gasteiger partial charge is 0.313 e. The van der Waals surface area contributed by atoms with E-state index in [9.17, 15) is 13.2 Å². The third kappa shape index (κ3) is 1.34. The first-order valence-electron chi connectivity index (χ1n) is 3.41. The summed E-state index contributed by atoms with van der Waals surface area (Å²) in [4.78, 5) is 0. The SMILES string of the molecule is Cl.FC(F)(F)[C@@H]1[C@@H]2CCN[C@@H]21. The molecule has 0 radical (unpaired) electrons. The summed E-state index contributed by atoms with van der Waals surface area (Å²) in [7, 11) is 0. The molecular formula is C6H9ClF3N. The minimum Gasteiger partial charge on any atom is -0.313 e. The summed E-state index contributed by atoms with van der Waals surface area (Å²) in [6.45, 7) is 0.766. The Morgan fingerprint density at radius 1 is 1.27 bits per heavy atom. The molecule has 5 heteroatoms. The van der Waals surface area contributed by atoms with Crippen LogP contribution in [0.5, 0.6) is 0 Å². The molecule has 1 heterocycles. The van der Waals surface area contributed by atoms with Gasteiger partial charge in [0.2, 0.25) is 0 Å². The molecule has 11 heavy (non-hydrogen) atoms. The predicted octanol–water partition coefficient (Wildman–Crippen LogP) is 1.58. The van der Waals surface area contributed by atoms with Gasteiger partial charge in [0.1, 0.15) is 0 Å². The maximum Gasteiger partial charge on any atom is 0.393 e. The van der Waals surface area contributed by atoms with Crippen molar-refractivity contribution >= 4 is 12.4 Å². The van der Waals surface area contributed by atoms with Crippen LogP contribution in [-0.4, -0.2) is 18.8 Å². The van der Waals surface area contributed by atoms with Crippen molar-refractivity contribution in [1.29, 1.82) is 0 Å². The molecule has 0 aromatic rings. The van der Waals surface area contributed by atoms with Gasteiger partial charge in [0.25, 0.3) is 0 Å². The first-order valence-corrected chi connectivity index (χ1v) is 3.41. The minimum atomic E-state index is -3.96. The third-order valence-corrected chi connectivity index (χ3v) is 2.40. The van der Waals surface area contributed by atoms with Crippen molar-refractivity contribution in [1.82, 2.24) is 5.32 Å². The molecule has 1 aliphatic heterocycles. The van der Waals surface area contributed by atoms with Gasteiger partial charge >= 0.3 is 6.18 Å². The van der Waals surface area contributed by atoms with Gasteiger partial charge in [-0.25, -0.2) is 0 Å². The number of alkyl halides is 3. The van der Waals surface area contributed by atoms with Crippen molar-refractivity contribution in [2.75, 3.05) is 6.54 Å². The maximum absolute atomic E-state index is 11.9. The number of rotatable bonds is 0. The van der Waals surface area contributed by atoms with Crippen LogP contribution in [0.25, 0.3) is 0 Å². The van der Waals surface area contributed by atoms with E-state index in [1.165, 1.54) is 0 Å². The van der Waals surface area contributed by atoms with Crippen molar-refractivity contribution in [3.05, 3.63) is 0 Å². The highest BCUT2D eigenvalue weighted by Gasteiger charge is 2.65. The summed E-state index contributed by atoms with van der Waals surface area (Å²) in [5.74, 6) is -1.12. The molecule has 2 aliphatic rings. The largest absolute Gasteiger partial charge is 0.393 e. The lowest BCUT2D eigenvalue weighted by Gasteiger charge is -2.07. The number of fused-ring (bicyclic) bond motifs is 1. The molecule has 0 spiro atoms. The van der Waals surface area contributed by atoms with Gasteiger partial charge in [-0.05, 0) is 18.9 Å². The predicted molar refractivity (Wildman–Crippen MR) is 36.7 cm³/mol. The summed E-state index contributed by atoms with van der Waals surface area (Å²) in [6, 6.07) is -0.236. The number of hydrogen-bond donors (Lipinski definition) is 1. The molecular weight excluding hydrogens is 179 g/mol. The van der Waals surface area contributed by atoms with Crippen molar-refractivity contribution in [2.45, 2.75) is 18.6 Å². The van der Waals surface area contributed by atoms with Crippen LogP contribution < -0.4 is 5.32 Å². The fourth-order valence-electron chi connectivity index (χ4n) is 1.87. The molecule has 2 rings (SSSR count). The van der Waals surface area contributed by atoms with E-state index in [4.69, 9.17) is 0 Å². The fraction of sp³-hybridized carbons (Fsp3) is 1.00. The topological polar surface area (TPSA) is 12.0 Å². The highest BCUT2D eigenvalue weighted by molar-refractivity contribution is 5.85. The highest BCUT2D eigenvalue weighted by atomic mass is 35.5. The minimum absolute atomic E-state index is 0. The quantitative estimate of drug-likeness (QED) is 0.607. The van der Waals surface area contributed by atoms with Gasteiger partial charge in [-0.15, -0.1) is 12.4 Å². The summed E-state index contributed by atoms with van der Waals surface area (Å²) in [5, 5.41) is 2.83. The van der Waals surface area contributed by atoms with Crippen molar-refractivity contribution in [2.24, 2.45) is 11.8 Å². The second-order valence-electron chi connectivity index (χ2n) is 3.00. The van der Waals surface area contributed by atoms with Gasteiger partial charge in [-0.2, -0.15) is 13.2 Å². The molecule has 1 N–H and O–H groups in total. The van der Waals surface area contributed by atoms with Gasteiger partial charge in [0.15, 0.2) is 0 Å². The fourth-order valence-corrected chi connectivity index (χ4v) is 1.87. The van der Waals surface area contributed by atoms with Gasteiger partial charge in [0, 0.05) is 6.04 Å². The Bertz CT molecular complexity index is 148. The second-order valence-corrected chi connectivity index (χ2v) is 3.00. The molecule has 1 saturated heterocycles. The number of nitrogens with one attached hydrogen (secondary N) is 1. The van der Waals surface area contributed by atoms with Crippen LogP contribution in [-0.2, 0) is 0 Å². The maximum atomic E-state index is 11.9. The Kier molecular flexibility index (Phi) is 2.09. The van der Waals surface area contributed by atoms with Crippen LogP contribution in [0.15, 0.2) is 0 Å². The van der Waals surface area contributed by atoms with E-state index in [0.29, 0.717) is 6.42 Å². The summed E-state index contributed by atoms with van der Waals surface area (Å²) < 4.78 is 35.8. The molecule has 1 aliphatic carbocycles. The average molecular weight is 188 g/mol. The van der Waals surface area contributed by atoms with Gasteiger partial charge in [-0.1, -0.05) is 0 Å². The Labute approximate surface area is 68.8 Å². The second kappa shape index (κ2) is 2.52. The normalized spacial score (nSPS) is 41.2. The van der Waals surface area contributed by atoms with E-state index in [-0.39, 0.29) is 24.4 Å². The Morgan fingerprint density at radius 3 is 2.18 bits per heavy atom. The Hall–Kier alpha value is 0.0400. The van der Waals surface area contributed by atoms with Crippen molar-refractivity contribution in [3.63, 3.8) is 0 Å². The van der Waals surface area contributed by atoms with Crippen LogP contribution in [0.3, 0.4) is 0 Å². The molecule has 2 fully saturated rings. The Morgan fingerprint density at radius 2 is 1.91 bits per heavy atom. The monoisotopic (exact) mass is 187 g/mol. The molecule has 1 saturated carbocycles. The lowest BCUT2D eigenvalue weighted by molar-refractivity contribution is -0.153. The zero-order chi connectivity index (χ0) is 7.35. The van der Waals surface area contributed by atoms with Gasteiger partial charge < -0.3 is 5.32 Å². The average Bonchev–Trinajstić information content (AvgIpc) is 2.30. The third-order valence-electron chi connectivity index (χ3n) is 2.40. The summed E-state index contributed by atoms with van der Waals surface area (Å²) >= 11 is 0. The standard InChI is InChI=1S/C6H8F3N.ClH/c7-6(8,9)4-3-1-2-10-5(3)4;/h3-5,10H,1-2H2;1H/t3-,4+,5-;/m0./s1.